The van der Waals surface area contributed by atoms with E-state index in [4.69, 9.17) is 0 Å². The van der Waals surface area contributed by atoms with E-state index in [9.17, 15) is 4.79 Å². The van der Waals surface area contributed by atoms with Gasteiger partial charge in [-0.15, -0.1) is 0 Å². The molecule has 1 heterocycles. The Morgan fingerprint density at radius 2 is 2.21 bits per heavy atom. The fourth-order valence-corrected chi connectivity index (χ4v) is 1.98. The number of carbonyl (C=O) groups excluding carboxylic acids is 1. The van der Waals surface area contributed by atoms with Crippen LogP contribution in [0.25, 0.3) is 0 Å². The van der Waals surface area contributed by atoms with Gasteiger partial charge in [0.2, 0.25) is 5.91 Å². The normalized spacial score (nSPS) is 23.3. The molecule has 1 rings (SSSR count). The summed E-state index contributed by atoms with van der Waals surface area (Å²) in [5.41, 5.74) is 0. The fourth-order valence-electron chi connectivity index (χ4n) is 1.98. The van der Waals surface area contributed by atoms with E-state index in [-0.39, 0.29) is 5.91 Å². The largest absolute Gasteiger partial charge is 0.339 e. The third-order valence-electron chi connectivity index (χ3n) is 2.90. The van der Waals surface area contributed by atoms with Crippen molar-refractivity contribution in [2.45, 2.75) is 45.6 Å². The minimum atomic E-state index is 0.265. The lowest BCUT2D eigenvalue weighted by atomic mass is 10.1. The molecule has 0 bridgehead atoms. The number of amides is 1. The van der Waals surface area contributed by atoms with Crippen LogP contribution >= 0.6 is 0 Å². The zero-order valence-corrected chi connectivity index (χ0v) is 9.38. The van der Waals surface area contributed by atoms with E-state index in [2.05, 4.69) is 12.2 Å². The van der Waals surface area contributed by atoms with Gasteiger partial charge in [0.25, 0.3) is 0 Å². The second kappa shape index (κ2) is 6.02. The Kier molecular flexibility index (Phi) is 4.94. The van der Waals surface area contributed by atoms with Crippen LogP contribution in [0.5, 0.6) is 0 Å². The highest BCUT2D eigenvalue weighted by Crippen LogP contribution is 2.15. The summed E-state index contributed by atoms with van der Waals surface area (Å²) in [6.45, 7) is 6.51. The van der Waals surface area contributed by atoms with Crippen molar-refractivity contribution in [3.05, 3.63) is 0 Å². The molecule has 3 heteroatoms. The molecule has 1 fully saturated rings. The molecule has 0 aliphatic carbocycles. The molecule has 1 aliphatic rings. The van der Waals surface area contributed by atoms with Crippen LogP contribution in [0.3, 0.4) is 0 Å². The van der Waals surface area contributed by atoms with Crippen molar-refractivity contribution in [3.63, 3.8) is 0 Å². The molecule has 0 aromatic carbocycles. The average molecular weight is 198 g/mol. The van der Waals surface area contributed by atoms with E-state index in [0.717, 1.165) is 19.5 Å². The lowest BCUT2D eigenvalue weighted by Crippen LogP contribution is -2.43. The quantitative estimate of drug-likeness (QED) is 0.743. The lowest BCUT2D eigenvalue weighted by molar-refractivity contribution is -0.132. The Hall–Kier alpha value is -0.570. The molecule has 0 radical (unpaired) electrons. The van der Waals surface area contributed by atoms with E-state index in [1.165, 1.54) is 19.3 Å². The van der Waals surface area contributed by atoms with E-state index < -0.39 is 0 Å². The van der Waals surface area contributed by atoms with Crippen LogP contribution in [0.15, 0.2) is 0 Å². The van der Waals surface area contributed by atoms with Crippen LogP contribution in [0.4, 0.5) is 0 Å². The summed E-state index contributed by atoms with van der Waals surface area (Å²) in [5.74, 6) is 0.265. The molecule has 3 nitrogen and oxygen atoms in total. The number of nitrogens with zero attached hydrogens (tertiary/aromatic N) is 1. The molecule has 1 atom stereocenters. The van der Waals surface area contributed by atoms with Crippen LogP contribution in [-0.4, -0.2) is 36.5 Å². The topological polar surface area (TPSA) is 32.3 Å². The first-order valence-electron chi connectivity index (χ1n) is 5.76. The van der Waals surface area contributed by atoms with Gasteiger partial charge in [0.05, 0.1) is 6.54 Å². The van der Waals surface area contributed by atoms with Gasteiger partial charge in [0.15, 0.2) is 0 Å². The summed E-state index contributed by atoms with van der Waals surface area (Å²) in [4.78, 5) is 13.8. The first kappa shape index (κ1) is 11.5. The van der Waals surface area contributed by atoms with Crippen LogP contribution in [0.1, 0.15) is 39.5 Å². The monoisotopic (exact) mass is 198 g/mol. The van der Waals surface area contributed by atoms with Gasteiger partial charge in [-0.2, -0.15) is 0 Å². The van der Waals surface area contributed by atoms with Crippen molar-refractivity contribution in [1.82, 2.24) is 10.2 Å². The van der Waals surface area contributed by atoms with Gasteiger partial charge < -0.3 is 10.2 Å². The van der Waals surface area contributed by atoms with Gasteiger partial charge in [-0.3, -0.25) is 4.79 Å². The minimum Gasteiger partial charge on any atom is -0.339 e. The third kappa shape index (κ3) is 3.29. The van der Waals surface area contributed by atoms with E-state index >= 15 is 0 Å². The maximum absolute atomic E-state index is 11.8. The highest BCUT2D eigenvalue weighted by Gasteiger charge is 2.20. The molecular formula is C11H22N2O. The number of nitrogens with one attached hydrogen (secondary N) is 1. The predicted octanol–water partition coefficient (Wildman–Crippen LogP) is 1.39. The number of likely N-dealkylation sites (N-methyl/N-ethyl adjacent to an activating group) is 1. The summed E-state index contributed by atoms with van der Waals surface area (Å²) < 4.78 is 0. The van der Waals surface area contributed by atoms with Gasteiger partial charge in [-0.25, -0.2) is 0 Å². The standard InChI is InChI=1S/C11H22N2O/c1-3-12-9-11(14)13-8-6-4-5-7-10(13)2/h10,12H,3-9H2,1-2H3. The summed E-state index contributed by atoms with van der Waals surface area (Å²) in [6.07, 6.45) is 4.88. The first-order chi connectivity index (χ1) is 6.75. The Morgan fingerprint density at radius 3 is 2.93 bits per heavy atom. The fraction of sp³-hybridized carbons (Fsp3) is 0.909. The molecule has 1 N–H and O–H groups in total. The number of likely N-dealkylation sites (tertiary alicyclic amines) is 1. The van der Waals surface area contributed by atoms with Crippen LogP contribution < -0.4 is 5.32 Å². The zero-order chi connectivity index (χ0) is 10.4. The van der Waals surface area contributed by atoms with Crippen LogP contribution in [0, 0.1) is 0 Å². The van der Waals surface area contributed by atoms with Gasteiger partial charge in [-0.1, -0.05) is 19.8 Å². The summed E-state index contributed by atoms with van der Waals surface area (Å²) >= 11 is 0. The lowest BCUT2D eigenvalue weighted by Gasteiger charge is -2.27. The van der Waals surface area contributed by atoms with Gasteiger partial charge in [0.1, 0.15) is 0 Å². The highest BCUT2D eigenvalue weighted by atomic mass is 16.2. The second-order valence-corrected chi connectivity index (χ2v) is 4.07. The number of carbonyl (C=O) groups is 1. The molecule has 1 saturated heterocycles. The minimum absolute atomic E-state index is 0.265. The number of rotatable bonds is 3. The first-order valence-corrected chi connectivity index (χ1v) is 5.76. The Morgan fingerprint density at radius 1 is 1.43 bits per heavy atom. The molecule has 82 valence electrons. The maximum Gasteiger partial charge on any atom is 0.236 e. The zero-order valence-electron chi connectivity index (χ0n) is 9.38. The van der Waals surface area contributed by atoms with Crippen LogP contribution in [0.2, 0.25) is 0 Å². The summed E-state index contributed by atoms with van der Waals surface area (Å²) in [7, 11) is 0. The van der Waals surface area contributed by atoms with Gasteiger partial charge >= 0.3 is 0 Å². The average Bonchev–Trinajstić information content (AvgIpc) is 2.39. The predicted molar refractivity (Wildman–Crippen MR) is 58.2 cm³/mol. The number of hydrogen-bond acceptors (Lipinski definition) is 2. The molecule has 1 aliphatic heterocycles. The smallest absolute Gasteiger partial charge is 0.236 e. The second-order valence-electron chi connectivity index (χ2n) is 4.07. The van der Waals surface area contributed by atoms with Gasteiger partial charge in [-0.05, 0) is 26.3 Å². The van der Waals surface area contributed by atoms with Crippen LogP contribution in [-0.2, 0) is 4.79 Å². The molecular weight excluding hydrogens is 176 g/mol. The number of hydrogen-bond donors (Lipinski definition) is 1. The van der Waals surface area contributed by atoms with Gasteiger partial charge in [0, 0.05) is 12.6 Å². The Labute approximate surface area is 86.9 Å². The summed E-state index contributed by atoms with van der Waals surface area (Å²) in [5, 5.41) is 3.10. The van der Waals surface area contributed by atoms with Crippen molar-refractivity contribution in [2.75, 3.05) is 19.6 Å². The summed E-state index contributed by atoms with van der Waals surface area (Å²) in [6, 6.07) is 0.434. The SMILES string of the molecule is CCNCC(=O)N1CCCCCC1C. The van der Waals surface area contributed by atoms with E-state index in [0.29, 0.717) is 12.6 Å². The Bertz CT molecular complexity index is 182. The maximum atomic E-state index is 11.8. The van der Waals surface area contributed by atoms with Crippen molar-refractivity contribution < 1.29 is 4.79 Å². The molecule has 0 aromatic heterocycles. The molecule has 0 spiro atoms. The van der Waals surface area contributed by atoms with Crippen molar-refractivity contribution in [3.8, 4) is 0 Å². The van der Waals surface area contributed by atoms with Crippen molar-refractivity contribution in [1.29, 1.82) is 0 Å². The van der Waals surface area contributed by atoms with Crippen molar-refractivity contribution >= 4 is 5.91 Å². The molecule has 14 heavy (non-hydrogen) atoms. The molecule has 0 aromatic rings. The van der Waals surface area contributed by atoms with Crippen molar-refractivity contribution in [2.24, 2.45) is 0 Å². The third-order valence-corrected chi connectivity index (χ3v) is 2.90. The molecule has 1 unspecified atom stereocenters. The highest BCUT2D eigenvalue weighted by molar-refractivity contribution is 5.78. The van der Waals surface area contributed by atoms with E-state index in [1.807, 2.05) is 11.8 Å². The Balaban J connectivity index is 2.41. The molecule has 0 saturated carbocycles. The van der Waals surface area contributed by atoms with E-state index in [1.54, 1.807) is 0 Å². The molecule has 1 amide bonds.